The van der Waals surface area contributed by atoms with Gasteiger partial charge in [-0.15, -0.1) is 0 Å². The summed E-state index contributed by atoms with van der Waals surface area (Å²) in [7, 11) is 0. The number of ether oxygens (including phenoxy) is 1. The molecule has 5 heteroatoms. The van der Waals surface area contributed by atoms with Crippen LogP contribution in [-0.4, -0.2) is 6.61 Å². The largest absolute Gasteiger partial charge is 0.491 e. The van der Waals surface area contributed by atoms with Crippen molar-refractivity contribution in [3.8, 4) is 5.75 Å². The number of benzene rings is 2. The number of hydrogen-bond acceptors (Lipinski definition) is 1. The topological polar surface area (TPSA) is 9.23 Å². The van der Waals surface area contributed by atoms with Crippen LogP contribution >= 0.6 is 0 Å². The van der Waals surface area contributed by atoms with Crippen molar-refractivity contribution < 1.29 is 22.3 Å². The van der Waals surface area contributed by atoms with Crippen LogP contribution in [0.2, 0.25) is 0 Å². The van der Waals surface area contributed by atoms with Gasteiger partial charge in [0.25, 0.3) is 0 Å². The molecule has 2 aromatic carbocycles. The van der Waals surface area contributed by atoms with Crippen molar-refractivity contribution in [1.29, 1.82) is 0 Å². The van der Waals surface area contributed by atoms with Gasteiger partial charge in [-0.2, -0.15) is 4.39 Å². The van der Waals surface area contributed by atoms with Gasteiger partial charge in [0.05, 0.1) is 6.61 Å². The number of aryl methyl sites for hydroxylation is 2. The highest BCUT2D eigenvalue weighted by Gasteiger charge is 2.27. The van der Waals surface area contributed by atoms with Crippen LogP contribution in [0.1, 0.15) is 87.8 Å². The highest BCUT2D eigenvalue weighted by molar-refractivity contribution is 5.33. The van der Waals surface area contributed by atoms with E-state index in [9.17, 15) is 17.6 Å². The van der Waals surface area contributed by atoms with Gasteiger partial charge in [0.1, 0.15) is 0 Å². The van der Waals surface area contributed by atoms with E-state index in [1.807, 2.05) is 0 Å². The predicted octanol–water partition coefficient (Wildman–Crippen LogP) is 8.28. The number of unbranched alkanes of at least 4 members (excludes halogenated alkanes) is 2. The van der Waals surface area contributed by atoms with Crippen molar-refractivity contribution in [2.75, 3.05) is 6.61 Å². The molecule has 0 aromatic heterocycles. The third kappa shape index (κ3) is 5.85. The maximum atomic E-state index is 14.5. The fourth-order valence-corrected chi connectivity index (χ4v) is 4.83. The number of rotatable bonds is 10. The third-order valence-electron chi connectivity index (χ3n) is 6.78. The first-order valence-corrected chi connectivity index (χ1v) is 12.0. The monoisotopic (exact) mass is 450 g/mol. The Balaban J connectivity index is 1.54. The molecule has 0 amide bonds. The minimum Gasteiger partial charge on any atom is -0.491 e. The molecule has 0 heterocycles. The van der Waals surface area contributed by atoms with Crippen LogP contribution in [-0.2, 0) is 12.8 Å². The van der Waals surface area contributed by atoms with Gasteiger partial charge >= 0.3 is 0 Å². The van der Waals surface area contributed by atoms with Gasteiger partial charge in [-0.25, -0.2) is 13.2 Å². The van der Waals surface area contributed by atoms with Gasteiger partial charge in [0.15, 0.2) is 23.2 Å². The van der Waals surface area contributed by atoms with Gasteiger partial charge in [-0.3, -0.25) is 0 Å². The summed E-state index contributed by atoms with van der Waals surface area (Å²) in [5.74, 6) is -2.82. The molecular formula is C27H34F4O. The van der Waals surface area contributed by atoms with E-state index in [1.54, 1.807) is 25.1 Å². The van der Waals surface area contributed by atoms with Crippen molar-refractivity contribution in [2.45, 2.75) is 84.0 Å². The summed E-state index contributed by atoms with van der Waals surface area (Å²) in [5, 5.41) is 0. The maximum absolute atomic E-state index is 14.5. The summed E-state index contributed by atoms with van der Waals surface area (Å²) in [5.41, 5.74) is 1.31. The molecule has 1 nitrogen and oxygen atoms in total. The molecule has 0 saturated heterocycles. The summed E-state index contributed by atoms with van der Waals surface area (Å²) in [6.07, 6.45) is 8.06. The quantitative estimate of drug-likeness (QED) is 0.261. The summed E-state index contributed by atoms with van der Waals surface area (Å²) in [6, 6.07) is 6.59. The zero-order valence-electron chi connectivity index (χ0n) is 19.2. The normalized spacial score (nSPS) is 18.7. The van der Waals surface area contributed by atoms with Crippen LogP contribution in [0, 0.1) is 29.2 Å². The molecule has 0 atom stereocenters. The Labute approximate surface area is 189 Å². The average Bonchev–Trinajstić information content (AvgIpc) is 2.80. The second kappa shape index (κ2) is 11.7. The molecule has 3 rings (SSSR count). The number of halogens is 4. The number of hydrogen-bond donors (Lipinski definition) is 0. The van der Waals surface area contributed by atoms with Gasteiger partial charge in [0, 0.05) is 0 Å². The Morgan fingerprint density at radius 2 is 1.41 bits per heavy atom. The van der Waals surface area contributed by atoms with Gasteiger partial charge < -0.3 is 4.74 Å². The molecule has 0 radical (unpaired) electrons. The molecule has 0 bridgehead atoms. The van der Waals surface area contributed by atoms with Gasteiger partial charge in [-0.05, 0) is 92.9 Å². The Bertz CT molecular complexity index is 888. The molecule has 32 heavy (non-hydrogen) atoms. The Morgan fingerprint density at radius 1 is 0.750 bits per heavy atom. The van der Waals surface area contributed by atoms with E-state index in [0.29, 0.717) is 35.4 Å². The lowest BCUT2D eigenvalue weighted by atomic mass is 9.76. The van der Waals surface area contributed by atoms with Crippen LogP contribution in [0.15, 0.2) is 24.3 Å². The van der Waals surface area contributed by atoms with E-state index >= 15 is 0 Å². The van der Waals surface area contributed by atoms with Crippen molar-refractivity contribution in [3.63, 3.8) is 0 Å². The molecule has 0 spiro atoms. The first-order valence-electron chi connectivity index (χ1n) is 12.0. The second-order valence-electron chi connectivity index (χ2n) is 8.94. The minimum absolute atomic E-state index is 0.0204. The molecule has 0 unspecified atom stereocenters. The smallest absolute Gasteiger partial charge is 0.200 e. The lowest BCUT2D eigenvalue weighted by Gasteiger charge is -2.29. The Kier molecular flexibility index (Phi) is 9.01. The predicted molar refractivity (Wildman–Crippen MR) is 120 cm³/mol. The fraction of sp³-hybridized carbons (Fsp3) is 0.556. The van der Waals surface area contributed by atoms with E-state index in [2.05, 4.69) is 6.92 Å². The van der Waals surface area contributed by atoms with E-state index < -0.39 is 23.3 Å². The molecular weight excluding hydrogens is 416 g/mol. The maximum Gasteiger partial charge on any atom is 0.200 e. The van der Waals surface area contributed by atoms with Crippen LogP contribution in [0.4, 0.5) is 17.6 Å². The molecule has 0 aliphatic heterocycles. The van der Waals surface area contributed by atoms with E-state index in [1.165, 1.54) is 6.07 Å². The highest BCUT2D eigenvalue weighted by Crippen LogP contribution is 2.40. The van der Waals surface area contributed by atoms with Crippen molar-refractivity contribution in [1.82, 2.24) is 0 Å². The zero-order chi connectivity index (χ0) is 23.1. The summed E-state index contributed by atoms with van der Waals surface area (Å²) in [6.45, 7) is 4.10. The zero-order valence-corrected chi connectivity index (χ0v) is 19.2. The molecule has 0 N–H and O–H groups in total. The average molecular weight is 451 g/mol. The SMILES string of the molecule is CCCCCc1ccc(CCC2CCC(c3ccc(OCC)c(F)c3F)CC2)c(F)c1F. The van der Waals surface area contributed by atoms with Crippen molar-refractivity contribution >= 4 is 0 Å². The third-order valence-corrected chi connectivity index (χ3v) is 6.78. The summed E-state index contributed by atoms with van der Waals surface area (Å²) < 4.78 is 62.8. The van der Waals surface area contributed by atoms with Crippen LogP contribution in [0.25, 0.3) is 0 Å². The van der Waals surface area contributed by atoms with E-state index in [-0.39, 0.29) is 18.3 Å². The first-order chi connectivity index (χ1) is 15.5. The molecule has 1 aliphatic carbocycles. The van der Waals surface area contributed by atoms with Crippen molar-refractivity contribution in [3.05, 3.63) is 64.2 Å². The molecule has 1 aliphatic rings. The minimum atomic E-state index is -0.915. The molecule has 176 valence electrons. The standard InChI is InChI=1S/C27H34F4O/c1-3-5-6-7-20-14-15-21(25(29)24(20)28)13-10-18-8-11-19(12-9-18)22-16-17-23(32-4-2)27(31)26(22)30/h14-19H,3-13H2,1-2H3. The summed E-state index contributed by atoms with van der Waals surface area (Å²) >= 11 is 0. The van der Waals surface area contributed by atoms with E-state index in [4.69, 9.17) is 4.74 Å². The van der Waals surface area contributed by atoms with Crippen LogP contribution in [0.5, 0.6) is 5.75 Å². The first kappa shape index (κ1) is 24.6. The fourth-order valence-electron chi connectivity index (χ4n) is 4.83. The van der Waals surface area contributed by atoms with Crippen LogP contribution in [0.3, 0.4) is 0 Å². The van der Waals surface area contributed by atoms with Crippen molar-refractivity contribution in [2.24, 2.45) is 5.92 Å². The molecule has 2 aromatic rings. The lowest BCUT2D eigenvalue weighted by Crippen LogP contribution is -2.16. The lowest BCUT2D eigenvalue weighted by molar-refractivity contribution is 0.296. The van der Waals surface area contributed by atoms with Gasteiger partial charge in [0.2, 0.25) is 5.82 Å². The second-order valence-corrected chi connectivity index (χ2v) is 8.94. The Hall–Kier alpha value is -2.04. The summed E-state index contributed by atoms with van der Waals surface area (Å²) in [4.78, 5) is 0. The Morgan fingerprint density at radius 3 is 2.03 bits per heavy atom. The molecule has 1 saturated carbocycles. The van der Waals surface area contributed by atoms with Crippen LogP contribution < -0.4 is 4.74 Å². The van der Waals surface area contributed by atoms with Gasteiger partial charge in [-0.1, -0.05) is 38.0 Å². The highest BCUT2D eigenvalue weighted by atomic mass is 19.2. The molecule has 1 fully saturated rings. The van der Waals surface area contributed by atoms with E-state index in [0.717, 1.165) is 51.4 Å².